The number of anilines is 1. The van der Waals surface area contributed by atoms with Gasteiger partial charge in [-0.2, -0.15) is 0 Å². The molecule has 8 heteroatoms. The molecule has 0 spiro atoms. The molecular weight excluding hydrogens is 336 g/mol. The molecule has 0 heterocycles. The van der Waals surface area contributed by atoms with Crippen LogP contribution in [-0.2, 0) is 9.53 Å². The van der Waals surface area contributed by atoms with Gasteiger partial charge >= 0.3 is 5.97 Å². The first-order chi connectivity index (χ1) is 11.9. The SMILES string of the molecule is COc1ccc(C(=O)OCC(=O)Nc2cc(F)ccc2F)c(OC)c1. The summed E-state index contributed by atoms with van der Waals surface area (Å²) < 4.78 is 41.4. The largest absolute Gasteiger partial charge is 0.497 e. The molecular formula is C17H15F2NO5. The van der Waals surface area contributed by atoms with Crippen LogP contribution in [0.5, 0.6) is 11.5 Å². The highest BCUT2D eigenvalue weighted by Crippen LogP contribution is 2.25. The van der Waals surface area contributed by atoms with Crippen molar-refractivity contribution in [3.63, 3.8) is 0 Å². The first-order valence-corrected chi connectivity index (χ1v) is 7.08. The number of carbonyl (C=O) groups is 2. The Labute approximate surface area is 142 Å². The molecule has 25 heavy (non-hydrogen) atoms. The smallest absolute Gasteiger partial charge is 0.342 e. The fourth-order valence-electron chi connectivity index (χ4n) is 1.96. The summed E-state index contributed by atoms with van der Waals surface area (Å²) in [6, 6.07) is 7.05. The number of hydrogen-bond donors (Lipinski definition) is 1. The molecule has 2 aromatic rings. The van der Waals surface area contributed by atoms with Crippen molar-refractivity contribution in [1.82, 2.24) is 0 Å². The Hall–Kier alpha value is -3.16. The zero-order chi connectivity index (χ0) is 18.4. The summed E-state index contributed by atoms with van der Waals surface area (Å²) in [5.41, 5.74) is -0.254. The Morgan fingerprint density at radius 1 is 1.04 bits per heavy atom. The Morgan fingerprint density at radius 2 is 1.80 bits per heavy atom. The zero-order valence-corrected chi connectivity index (χ0v) is 13.5. The number of amides is 1. The van der Waals surface area contributed by atoms with Gasteiger partial charge in [0.25, 0.3) is 5.91 Å². The highest BCUT2D eigenvalue weighted by molar-refractivity contribution is 5.97. The minimum Gasteiger partial charge on any atom is -0.497 e. The number of nitrogens with one attached hydrogen (secondary N) is 1. The van der Waals surface area contributed by atoms with E-state index in [1.807, 2.05) is 0 Å². The van der Waals surface area contributed by atoms with Gasteiger partial charge in [-0.15, -0.1) is 0 Å². The lowest BCUT2D eigenvalue weighted by Crippen LogP contribution is -2.21. The van der Waals surface area contributed by atoms with Crippen molar-refractivity contribution in [2.45, 2.75) is 0 Å². The fraction of sp³-hybridized carbons (Fsp3) is 0.176. The zero-order valence-electron chi connectivity index (χ0n) is 13.5. The van der Waals surface area contributed by atoms with E-state index in [0.717, 1.165) is 18.2 Å². The second-order valence-corrected chi connectivity index (χ2v) is 4.81. The average Bonchev–Trinajstić information content (AvgIpc) is 2.62. The van der Waals surface area contributed by atoms with Gasteiger partial charge in [-0.05, 0) is 24.3 Å². The normalized spacial score (nSPS) is 10.1. The van der Waals surface area contributed by atoms with Crippen LogP contribution in [0.3, 0.4) is 0 Å². The molecule has 0 aromatic heterocycles. The van der Waals surface area contributed by atoms with Crippen molar-refractivity contribution in [1.29, 1.82) is 0 Å². The minimum absolute atomic E-state index is 0.0908. The molecule has 2 aromatic carbocycles. The Kier molecular flexibility index (Phi) is 5.89. The monoisotopic (exact) mass is 351 g/mol. The first-order valence-electron chi connectivity index (χ1n) is 7.08. The van der Waals surface area contributed by atoms with Crippen LogP contribution in [0.25, 0.3) is 0 Å². The van der Waals surface area contributed by atoms with Crippen molar-refractivity contribution in [2.75, 3.05) is 26.1 Å². The third-order valence-electron chi connectivity index (χ3n) is 3.17. The molecule has 0 unspecified atom stereocenters. The summed E-state index contributed by atoms with van der Waals surface area (Å²) in [6.07, 6.45) is 0. The molecule has 0 aliphatic heterocycles. The summed E-state index contributed by atoms with van der Waals surface area (Å²) >= 11 is 0. The van der Waals surface area contributed by atoms with Crippen molar-refractivity contribution in [3.05, 3.63) is 53.6 Å². The van der Waals surface area contributed by atoms with Crippen LogP contribution >= 0.6 is 0 Å². The third kappa shape index (κ3) is 4.66. The van der Waals surface area contributed by atoms with Crippen LogP contribution < -0.4 is 14.8 Å². The predicted octanol–water partition coefficient (Wildman–Crippen LogP) is 2.78. The number of esters is 1. The van der Waals surface area contributed by atoms with E-state index in [1.165, 1.54) is 32.4 Å². The second-order valence-electron chi connectivity index (χ2n) is 4.81. The lowest BCUT2D eigenvalue weighted by molar-refractivity contribution is -0.119. The molecule has 132 valence electrons. The van der Waals surface area contributed by atoms with Crippen LogP contribution in [-0.4, -0.2) is 32.7 Å². The van der Waals surface area contributed by atoms with E-state index in [4.69, 9.17) is 14.2 Å². The molecule has 0 atom stereocenters. The number of benzene rings is 2. The standard InChI is InChI=1S/C17H15F2NO5/c1-23-11-4-5-12(15(8-11)24-2)17(22)25-9-16(21)20-14-7-10(18)3-6-13(14)19/h3-8H,9H2,1-2H3,(H,20,21). The van der Waals surface area contributed by atoms with Gasteiger partial charge in [0.15, 0.2) is 6.61 Å². The summed E-state index contributed by atoms with van der Waals surface area (Å²) in [4.78, 5) is 23.8. The number of methoxy groups -OCH3 is 2. The van der Waals surface area contributed by atoms with E-state index in [-0.39, 0.29) is 17.0 Å². The van der Waals surface area contributed by atoms with E-state index in [2.05, 4.69) is 5.32 Å². The number of carbonyl (C=O) groups excluding carboxylic acids is 2. The van der Waals surface area contributed by atoms with Gasteiger partial charge in [0.2, 0.25) is 0 Å². The van der Waals surface area contributed by atoms with Gasteiger partial charge in [-0.1, -0.05) is 0 Å². The number of halogens is 2. The van der Waals surface area contributed by atoms with Crippen LogP contribution in [0.15, 0.2) is 36.4 Å². The van der Waals surface area contributed by atoms with Gasteiger partial charge in [0, 0.05) is 12.1 Å². The molecule has 0 aliphatic rings. The molecule has 1 N–H and O–H groups in total. The average molecular weight is 351 g/mol. The van der Waals surface area contributed by atoms with E-state index in [0.29, 0.717) is 5.75 Å². The quantitative estimate of drug-likeness (QED) is 0.810. The molecule has 6 nitrogen and oxygen atoms in total. The third-order valence-corrected chi connectivity index (χ3v) is 3.17. The highest BCUT2D eigenvalue weighted by atomic mass is 19.1. The molecule has 0 fully saturated rings. The molecule has 0 saturated heterocycles. The van der Waals surface area contributed by atoms with Crippen molar-refractivity contribution < 1.29 is 32.6 Å². The Bertz CT molecular complexity index is 795. The van der Waals surface area contributed by atoms with Crippen molar-refractivity contribution >= 4 is 17.6 Å². The molecule has 0 bridgehead atoms. The first kappa shape index (κ1) is 18.2. The van der Waals surface area contributed by atoms with E-state index >= 15 is 0 Å². The van der Waals surface area contributed by atoms with Gasteiger partial charge in [-0.25, -0.2) is 13.6 Å². The minimum atomic E-state index is -0.815. The van der Waals surface area contributed by atoms with E-state index in [9.17, 15) is 18.4 Å². The topological polar surface area (TPSA) is 73.9 Å². The van der Waals surface area contributed by atoms with Gasteiger partial charge in [0.05, 0.1) is 19.9 Å². The van der Waals surface area contributed by atoms with Gasteiger partial charge in [0.1, 0.15) is 28.7 Å². The number of hydrogen-bond acceptors (Lipinski definition) is 5. The van der Waals surface area contributed by atoms with Crippen LogP contribution in [0, 0.1) is 11.6 Å². The maximum atomic E-state index is 13.4. The van der Waals surface area contributed by atoms with Gasteiger partial charge < -0.3 is 19.5 Å². The fourth-order valence-corrected chi connectivity index (χ4v) is 1.96. The maximum Gasteiger partial charge on any atom is 0.342 e. The van der Waals surface area contributed by atoms with Gasteiger partial charge in [-0.3, -0.25) is 4.79 Å². The van der Waals surface area contributed by atoms with Crippen LogP contribution in [0.4, 0.5) is 14.5 Å². The Morgan fingerprint density at radius 3 is 2.48 bits per heavy atom. The summed E-state index contributed by atoms with van der Waals surface area (Å²) in [5.74, 6) is -2.46. The summed E-state index contributed by atoms with van der Waals surface area (Å²) in [7, 11) is 2.83. The molecule has 0 saturated carbocycles. The highest BCUT2D eigenvalue weighted by Gasteiger charge is 2.17. The molecule has 0 aliphatic carbocycles. The van der Waals surface area contributed by atoms with E-state index in [1.54, 1.807) is 0 Å². The second kappa shape index (κ2) is 8.09. The molecule has 1 amide bonds. The predicted molar refractivity (Wildman–Crippen MR) is 84.8 cm³/mol. The maximum absolute atomic E-state index is 13.4. The summed E-state index contributed by atoms with van der Waals surface area (Å²) in [6.45, 7) is -0.677. The van der Waals surface area contributed by atoms with Crippen LogP contribution in [0.2, 0.25) is 0 Å². The Balaban J connectivity index is 2.00. The van der Waals surface area contributed by atoms with Crippen LogP contribution in [0.1, 0.15) is 10.4 Å². The number of ether oxygens (including phenoxy) is 3. The van der Waals surface area contributed by atoms with Crippen molar-refractivity contribution in [2.24, 2.45) is 0 Å². The van der Waals surface area contributed by atoms with Crippen molar-refractivity contribution in [3.8, 4) is 11.5 Å². The lowest BCUT2D eigenvalue weighted by atomic mass is 10.2. The number of rotatable bonds is 6. The van der Waals surface area contributed by atoms with E-state index < -0.39 is 30.1 Å². The molecule has 2 rings (SSSR count). The summed E-state index contributed by atoms with van der Waals surface area (Å²) in [5, 5.41) is 2.12. The molecule has 0 radical (unpaired) electrons. The lowest BCUT2D eigenvalue weighted by Gasteiger charge is -2.10.